The lowest BCUT2D eigenvalue weighted by Crippen LogP contribution is -2.49. The molecule has 0 atom stereocenters. The van der Waals surface area contributed by atoms with Crippen LogP contribution in [0.15, 0.2) is 36.7 Å². The van der Waals surface area contributed by atoms with Gasteiger partial charge in [-0.15, -0.1) is 5.10 Å². The van der Waals surface area contributed by atoms with Gasteiger partial charge in [0, 0.05) is 32.4 Å². The third-order valence-electron chi connectivity index (χ3n) is 4.87. The highest BCUT2D eigenvalue weighted by molar-refractivity contribution is 5.69. The van der Waals surface area contributed by atoms with Crippen LogP contribution < -0.4 is 9.64 Å². The Morgan fingerprint density at radius 2 is 1.93 bits per heavy atom. The molecule has 1 fully saturated rings. The molecule has 0 N–H and O–H groups in total. The number of anilines is 1. The van der Waals surface area contributed by atoms with Gasteiger partial charge in [0.25, 0.3) is 0 Å². The molecule has 158 valence electrons. The minimum Gasteiger partial charge on any atom is -0.477 e. The molecule has 0 radical (unpaired) electrons. The second-order valence-corrected chi connectivity index (χ2v) is 7.30. The molecule has 3 aromatic heterocycles. The van der Waals surface area contributed by atoms with Gasteiger partial charge < -0.3 is 19.3 Å². The first-order chi connectivity index (χ1) is 14.6. The van der Waals surface area contributed by atoms with Gasteiger partial charge in [-0.3, -0.25) is 0 Å². The van der Waals surface area contributed by atoms with Crippen molar-refractivity contribution in [1.82, 2.24) is 24.5 Å². The molecule has 0 aliphatic carbocycles. The number of carbonyl (C=O) groups is 1. The largest absolute Gasteiger partial charge is 0.477 e. The van der Waals surface area contributed by atoms with Crippen molar-refractivity contribution < 1.29 is 14.3 Å². The van der Waals surface area contributed by atoms with Gasteiger partial charge in [0.2, 0.25) is 5.88 Å². The average molecular weight is 410 g/mol. The van der Waals surface area contributed by atoms with Gasteiger partial charge in [0.1, 0.15) is 5.82 Å². The second-order valence-electron chi connectivity index (χ2n) is 7.30. The average Bonchev–Trinajstić information content (AvgIpc) is 3.17. The van der Waals surface area contributed by atoms with Gasteiger partial charge in [0.15, 0.2) is 5.65 Å². The molecule has 30 heavy (non-hydrogen) atoms. The zero-order chi connectivity index (χ0) is 21.1. The van der Waals surface area contributed by atoms with Gasteiger partial charge in [-0.25, -0.2) is 19.3 Å². The lowest BCUT2D eigenvalue weighted by molar-refractivity contribution is 0.0751. The summed E-state index contributed by atoms with van der Waals surface area (Å²) in [5.41, 5.74) is 2.42. The molecule has 9 heteroatoms. The molecule has 4 heterocycles. The minimum absolute atomic E-state index is 0.117. The Morgan fingerprint density at radius 3 is 2.67 bits per heavy atom. The van der Waals surface area contributed by atoms with E-state index < -0.39 is 0 Å². The standard InChI is InChI=1S/C21H26N6O3/c1-4-29-20-16(6-5-9-22-20)17-14-23-18-7-8-19(24-27(17)18)25-10-12-26(13-11-25)21(28)30-15(2)3/h5-9,14-15H,4,10-13H2,1-3H3. The van der Waals surface area contributed by atoms with Crippen molar-refractivity contribution in [3.8, 4) is 17.1 Å². The van der Waals surface area contributed by atoms with Gasteiger partial charge >= 0.3 is 6.09 Å². The van der Waals surface area contributed by atoms with E-state index in [1.807, 2.05) is 49.6 Å². The molecular weight excluding hydrogens is 384 g/mol. The number of imidazole rings is 1. The molecule has 1 aliphatic heterocycles. The second kappa shape index (κ2) is 8.56. The smallest absolute Gasteiger partial charge is 0.410 e. The predicted molar refractivity (Wildman–Crippen MR) is 113 cm³/mol. The van der Waals surface area contributed by atoms with Crippen LogP contribution in [-0.2, 0) is 4.74 Å². The van der Waals surface area contributed by atoms with Crippen LogP contribution in [0.25, 0.3) is 16.9 Å². The third kappa shape index (κ3) is 4.00. The number of fused-ring (bicyclic) bond motifs is 1. The van der Waals surface area contributed by atoms with Crippen molar-refractivity contribution in [2.45, 2.75) is 26.9 Å². The molecule has 3 aromatic rings. The number of amides is 1. The highest BCUT2D eigenvalue weighted by atomic mass is 16.6. The lowest BCUT2D eigenvalue weighted by Gasteiger charge is -2.35. The topological polar surface area (TPSA) is 85.1 Å². The Labute approximate surface area is 175 Å². The number of pyridine rings is 1. The van der Waals surface area contributed by atoms with Gasteiger partial charge in [-0.05, 0) is 45.0 Å². The Kier molecular flexibility index (Phi) is 5.69. The molecule has 9 nitrogen and oxygen atoms in total. The number of carbonyl (C=O) groups excluding carboxylic acids is 1. The summed E-state index contributed by atoms with van der Waals surface area (Å²) in [6.07, 6.45) is 3.12. The summed E-state index contributed by atoms with van der Waals surface area (Å²) in [6.45, 7) is 8.74. The molecule has 1 amide bonds. The van der Waals surface area contributed by atoms with Crippen LogP contribution in [0.1, 0.15) is 20.8 Å². The van der Waals surface area contributed by atoms with Crippen LogP contribution in [0.4, 0.5) is 10.6 Å². The minimum atomic E-state index is -0.259. The summed E-state index contributed by atoms with van der Waals surface area (Å²) in [7, 11) is 0. The number of ether oxygens (including phenoxy) is 2. The fourth-order valence-corrected chi connectivity index (χ4v) is 3.45. The Morgan fingerprint density at radius 1 is 1.13 bits per heavy atom. The molecule has 0 unspecified atom stereocenters. The molecule has 0 saturated carbocycles. The summed E-state index contributed by atoms with van der Waals surface area (Å²) >= 11 is 0. The summed E-state index contributed by atoms with van der Waals surface area (Å²) < 4.78 is 12.8. The van der Waals surface area contributed by atoms with E-state index in [9.17, 15) is 4.79 Å². The van der Waals surface area contributed by atoms with E-state index in [4.69, 9.17) is 14.6 Å². The van der Waals surface area contributed by atoms with E-state index in [1.54, 1.807) is 17.3 Å². The van der Waals surface area contributed by atoms with Crippen molar-refractivity contribution >= 4 is 17.6 Å². The first kappa shape index (κ1) is 19.9. The normalized spacial score (nSPS) is 14.4. The zero-order valence-corrected chi connectivity index (χ0v) is 17.5. The van der Waals surface area contributed by atoms with Crippen LogP contribution in [0.3, 0.4) is 0 Å². The number of hydrogen-bond donors (Lipinski definition) is 0. The maximum absolute atomic E-state index is 12.1. The third-order valence-corrected chi connectivity index (χ3v) is 4.87. The van der Waals surface area contributed by atoms with Gasteiger partial charge in [-0.2, -0.15) is 0 Å². The van der Waals surface area contributed by atoms with Crippen molar-refractivity contribution in [2.75, 3.05) is 37.7 Å². The fourth-order valence-electron chi connectivity index (χ4n) is 3.45. The summed E-state index contributed by atoms with van der Waals surface area (Å²) in [4.78, 5) is 24.8. The van der Waals surface area contributed by atoms with E-state index in [1.165, 1.54) is 0 Å². The Bertz CT molecular complexity index is 1030. The number of piperazine rings is 1. The van der Waals surface area contributed by atoms with Crippen LogP contribution in [0.5, 0.6) is 5.88 Å². The van der Waals surface area contributed by atoms with E-state index in [2.05, 4.69) is 14.9 Å². The molecule has 0 aromatic carbocycles. The monoisotopic (exact) mass is 410 g/mol. The van der Waals surface area contributed by atoms with Crippen molar-refractivity contribution in [1.29, 1.82) is 0 Å². The highest BCUT2D eigenvalue weighted by Gasteiger charge is 2.24. The highest BCUT2D eigenvalue weighted by Crippen LogP contribution is 2.28. The first-order valence-electron chi connectivity index (χ1n) is 10.2. The predicted octanol–water partition coefficient (Wildman–Crippen LogP) is 2.86. The van der Waals surface area contributed by atoms with Crippen LogP contribution >= 0.6 is 0 Å². The number of rotatable bonds is 5. The summed E-state index contributed by atoms with van der Waals surface area (Å²) in [6, 6.07) is 7.73. The molecule has 1 saturated heterocycles. The maximum Gasteiger partial charge on any atom is 0.410 e. The fraction of sp³-hybridized carbons (Fsp3) is 0.429. The number of nitrogens with zero attached hydrogens (tertiary/aromatic N) is 6. The van der Waals surface area contributed by atoms with Crippen LogP contribution in [-0.4, -0.2) is 69.5 Å². The lowest BCUT2D eigenvalue weighted by atomic mass is 10.2. The Hall–Kier alpha value is -3.36. The van der Waals surface area contributed by atoms with Gasteiger partial charge in [-0.1, -0.05) is 0 Å². The zero-order valence-electron chi connectivity index (χ0n) is 17.5. The summed E-state index contributed by atoms with van der Waals surface area (Å²) in [5.74, 6) is 1.40. The van der Waals surface area contributed by atoms with Crippen molar-refractivity contribution in [3.63, 3.8) is 0 Å². The van der Waals surface area contributed by atoms with E-state index in [-0.39, 0.29) is 12.2 Å². The maximum atomic E-state index is 12.1. The molecule has 0 spiro atoms. The van der Waals surface area contributed by atoms with Crippen LogP contribution in [0, 0.1) is 0 Å². The van der Waals surface area contributed by atoms with Crippen molar-refractivity contribution in [2.24, 2.45) is 0 Å². The van der Waals surface area contributed by atoms with E-state index in [0.717, 1.165) is 22.7 Å². The molecule has 0 bridgehead atoms. The quantitative estimate of drug-likeness (QED) is 0.639. The molecular formula is C21H26N6O3. The molecule has 4 rings (SSSR count). The SMILES string of the molecule is CCOc1ncccc1-c1cnc2ccc(N3CCN(C(=O)OC(C)C)CC3)nn12. The summed E-state index contributed by atoms with van der Waals surface area (Å²) in [5, 5.41) is 4.82. The number of hydrogen-bond acceptors (Lipinski definition) is 7. The number of aromatic nitrogens is 4. The first-order valence-corrected chi connectivity index (χ1v) is 10.2. The van der Waals surface area contributed by atoms with E-state index in [0.29, 0.717) is 38.7 Å². The van der Waals surface area contributed by atoms with Crippen LogP contribution in [0.2, 0.25) is 0 Å². The molecule has 1 aliphatic rings. The van der Waals surface area contributed by atoms with Crippen molar-refractivity contribution in [3.05, 3.63) is 36.7 Å². The Balaban J connectivity index is 1.57. The van der Waals surface area contributed by atoms with E-state index >= 15 is 0 Å². The van der Waals surface area contributed by atoms with Gasteiger partial charge in [0.05, 0.1) is 30.2 Å².